The van der Waals surface area contributed by atoms with Crippen molar-refractivity contribution in [3.63, 3.8) is 0 Å². The van der Waals surface area contributed by atoms with Gasteiger partial charge in [-0.1, -0.05) is 37.6 Å². The van der Waals surface area contributed by atoms with Gasteiger partial charge in [-0.25, -0.2) is 4.98 Å². The SMILES string of the molecule is CC.COc1cc(Nc2cc(-c3cccc(C)c3)nn2C)nc2c1cnn2C. The molecule has 0 saturated carbocycles. The van der Waals surface area contributed by atoms with Crippen LogP contribution in [0.2, 0.25) is 0 Å². The average molecular weight is 378 g/mol. The first-order valence-electron chi connectivity index (χ1n) is 9.30. The van der Waals surface area contributed by atoms with Gasteiger partial charge in [0.05, 0.1) is 24.4 Å². The summed E-state index contributed by atoms with van der Waals surface area (Å²) in [5, 5.41) is 13.1. The minimum Gasteiger partial charge on any atom is -0.496 e. The lowest BCUT2D eigenvalue weighted by atomic mass is 10.1. The maximum Gasteiger partial charge on any atom is 0.163 e. The Balaban J connectivity index is 0.00000109. The van der Waals surface area contributed by atoms with Crippen molar-refractivity contribution in [2.75, 3.05) is 12.4 Å². The third-order valence-corrected chi connectivity index (χ3v) is 4.34. The first-order valence-corrected chi connectivity index (χ1v) is 9.30. The number of hydrogen-bond donors (Lipinski definition) is 1. The second kappa shape index (κ2) is 8.12. The van der Waals surface area contributed by atoms with Gasteiger partial charge in [0.1, 0.15) is 17.4 Å². The molecule has 0 unspecified atom stereocenters. The predicted octanol–water partition coefficient (Wildman–Crippen LogP) is 4.46. The van der Waals surface area contributed by atoms with Crippen LogP contribution in [0.25, 0.3) is 22.3 Å². The molecule has 3 aromatic heterocycles. The number of pyridine rings is 1. The lowest BCUT2D eigenvalue weighted by Crippen LogP contribution is -2.02. The normalized spacial score (nSPS) is 10.5. The van der Waals surface area contributed by atoms with Gasteiger partial charge in [0, 0.05) is 31.8 Å². The maximum absolute atomic E-state index is 5.48. The van der Waals surface area contributed by atoms with Crippen LogP contribution in [-0.4, -0.2) is 31.7 Å². The van der Waals surface area contributed by atoms with Crippen LogP contribution in [-0.2, 0) is 14.1 Å². The van der Waals surface area contributed by atoms with Gasteiger partial charge in [-0.2, -0.15) is 10.2 Å². The second-order valence-electron chi connectivity index (χ2n) is 6.25. The Bertz CT molecular complexity index is 1100. The number of nitrogens with zero attached hydrogens (tertiary/aromatic N) is 5. The molecule has 0 radical (unpaired) electrons. The smallest absolute Gasteiger partial charge is 0.163 e. The van der Waals surface area contributed by atoms with Gasteiger partial charge in [-0.15, -0.1) is 0 Å². The molecule has 0 fully saturated rings. The van der Waals surface area contributed by atoms with Crippen molar-refractivity contribution in [1.29, 1.82) is 0 Å². The summed E-state index contributed by atoms with van der Waals surface area (Å²) < 4.78 is 9.01. The van der Waals surface area contributed by atoms with Gasteiger partial charge in [0.15, 0.2) is 5.65 Å². The molecule has 7 nitrogen and oxygen atoms in total. The van der Waals surface area contributed by atoms with Gasteiger partial charge >= 0.3 is 0 Å². The number of rotatable bonds is 4. The largest absolute Gasteiger partial charge is 0.496 e. The number of benzene rings is 1. The van der Waals surface area contributed by atoms with E-state index in [-0.39, 0.29) is 0 Å². The van der Waals surface area contributed by atoms with E-state index in [1.807, 2.05) is 46.1 Å². The molecule has 0 spiro atoms. The van der Waals surface area contributed by atoms with E-state index in [0.717, 1.165) is 33.9 Å². The van der Waals surface area contributed by atoms with E-state index in [9.17, 15) is 0 Å². The van der Waals surface area contributed by atoms with E-state index in [2.05, 4.69) is 45.6 Å². The zero-order valence-corrected chi connectivity index (χ0v) is 17.2. The highest BCUT2D eigenvalue weighted by atomic mass is 16.5. The molecule has 0 atom stereocenters. The number of methoxy groups -OCH3 is 1. The summed E-state index contributed by atoms with van der Waals surface area (Å²) in [4.78, 5) is 4.64. The summed E-state index contributed by atoms with van der Waals surface area (Å²) >= 11 is 0. The Kier molecular flexibility index (Phi) is 5.63. The van der Waals surface area contributed by atoms with Crippen LogP contribution >= 0.6 is 0 Å². The van der Waals surface area contributed by atoms with Crippen LogP contribution in [0.3, 0.4) is 0 Å². The lowest BCUT2D eigenvalue weighted by Gasteiger charge is -2.08. The zero-order chi connectivity index (χ0) is 20.3. The Labute approximate surface area is 165 Å². The number of ether oxygens (including phenoxy) is 1. The molecule has 1 N–H and O–H groups in total. The molecule has 0 aliphatic heterocycles. The van der Waals surface area contributed by atoms with Crippen molar-refractivity contribution in [1.82, 2.24) is 24.5 Å². The number of aromatic nitrogens is 5. The Morgan fingerprint density at radius 3 is 2.54 bits per heavy atom. The highest BCUT2D eigenvalue weighted by molar-refractivity contribution is 5.84. The monoisotopic (exact) mass is 378 g/mol. The number of aryl methyl sites for hydroxylation is 3. The topological polar surface area (TPSA) is 69.8 Å². The number of anilines is 2. The maximum atomic E-state index is 5.48. The molecule has 0 aliphatic rings. The fraction of sp³-hybridized carbons (Fsp3) is 0.286. The van der Waals surface area contributed by atoms with Crippen molar-refractivity contribution in [2.45, 2.75) is 20.8 Å². The molecular formula is C21H26N6O. The molecule has 3 heterocycles. The highest BCUT2D eigenvalue weighted by Crippen LogP contribution is 2.29. The summed E-state index contributed by atoms with van der Waals surface area (Å²) in [6, 6.07) is 12.2. The molecule has 0 amide bonds. The number of fused-ring (bicyclic) bond motifs is 1. The third kappa shape index (κ3) is 3.69. The number of hydrogen-bond acceptors (Lipinski definition) is 5. The molecule has 28 heavy (non-hydrogen) atoms. The highest BCUT2D eigenvalue weighted by Gasteiger charge is 2.13. The van der Waals surface area contributed by atoms with E-state index >= 15 is 0 Å². The first kappa shape index (κ1) is 19.4. The van der Waals surface area contributed by atoms with Gasteiger partial charge < -0.3 is 10.1 Å². The molecule has 4 rings (SSSR count). The number of nitrogens with one attached hydrogen (secondary N) is 1. The van der Waals surface area contributed by atoms with Crippen molar-refractivity contribution in [3.8, 4) is 17.0 Å². The van der Waals surface area contributed by atoms with Crippen LogP contribution in [0.15, 0.2) is 42.6 Å². The summed E-state index contributed by atoms with van der Waals surface area (Å²) in [6.07, 6.45) is 1.75. The Morgan fingerprint density at radius 2 is 1.82 bits per heavy atom. The first-order chi connectivity index (χ1) is 13.5. The van der Waals surface area contributed by atoms with Crippen molar-refractivity contribution in [3.05, 3.63) is 48.2 Å². The van der Waals surface area contributed by atoms with Crippen LogP contribution in [0.4, 0.5) is 11.6 Å². The zero-order valence-electron chi connectivity index (χ0n) is 17.2. The fourth-order valence-electron chi connectivity index (χ4n) is 2.98. The molecule has 4 aromatic rings. The molecule has 0 aliphatic carbocycles. The van der Waals surface area contributed by atoms with E-state index in [1.165, 1.54) is 5.56 Å². The van der Waals surface area contributed by atoms with Crippen molar-refractivity contribution >= 4 is 22.7 Å². The molecule has 0 bridgehead atoms. The van der Waals surface area contributed by atoms with Gasteiger partial charge in [-0.3, -0.25) is 9.36 Å². The second-order valence-corrected chi connectivity index (χ2v) is 6.25. The van der Waals surface area contributed by atoms with Gasteiger partial charge in [-0.05, 0) is 13.0 Å². The van der Waals surface area contributed by atoms with Crippen LogP contribution in [0.5, 0.6) is 5.75 Å². The summed E-state index contributed by atoms with van der Waals surface area (Å²) in [5.74, 6) is 2.25. The predicted molar refractivity (Wildman–Crippen MR) is 113 cm³/mol. The molecule has 0 saturated heterocycles. The Morgan fingerprint density at radius 1 is 1.04 bits per heavy atom. The van der Waals surface area contributed by atoms with E-state index in [0.29, 0.717) is 5.82 Å². The summed E-state index contributed by atoms with van der Waals surface area (Å²) in [5.41, 5.74) is 3.96. The third-order valence-electron chi connectivity index (χ3n) is 4.34. The summed E-state index contributed by atoms with van der Waals surface area (Å²) in [7, 11) is 5.41. The van der Waals surface area contributed by atoms with Crippen molar-refractivity contribution in [2.24, 2.45) is 14.1 Å². The fourth-order valence-corrected chi connectivity index (χ4v) is 2.98. The van der Waals surface area contributed by atoms with Gasteiger partial charge in [0.2, 0.25) is 0 Å². The minimum absolute atomic E-state index is 0.678. The minimum atomic E-state index is 0.678. The lowest BCUT2D eigenvalue weighted by molar-refractivity contribution is 0.419. The molecule has 7 heteroatoms. The van der Waals surface area contributed by atoms with Gasteiger partial charge in [0.25, 0.3) is 0 Å². The van der Waals surface area contributed by atoms with E-state index in [1.54, 1.807) is 22.7 Å². The van der Waals surface area contributed by atoms with Crippen LogP contribution in [0, 0.1) is 6.92 Å². The van der Waals surface area contributed by atoms with Crippen LogP contribution < -0.4 is 10.1 Å². The molecular weight excluding hydrogens is 352 g/mol. The summed E-state index contributed by atoms with van der Waals surface area (Å²) in [6.45, 7) is 6.07. The quantitative estimate of drug-likeness (QED) is 0.568. The van der Waals surface area contributed by atoms with Crippen LogP contribution in [0.1, 0.15) is 19.4 Å². The van der Waals surface area contributed by atoms with E-state index in [4.69, 9.17) is 4.74 Å². The standard InChI is InChI=1S/C19H20N6O.C2H6/c1-12-6-5-7-13(8-12)15-9-18(24(2)23-15)21-17-10-16(26-4)14-11-20-25(3)19(14)22-17;1-2/h5-11H,1-4H3,(H,21,22);1-2H3. The average Bonchev–Trinajstić information content (AvgIpc) is 3.26. The molecule has 1 aromatic carbocycles. The Hall–Kier alpha value is -3.35. The molecule has 146 valence electrons. The van der Waals surface area contributed by atoms with Crippen molar-refractivity contribution < 1.29 is 4.74 Å². The van der Waals surface area contributed by atoms with E-state index < -0.39 is 0 Å².